The molecule has 0 spiro atoms. The van der Waals surface area contributed by atoms with E-state index in [2.05, 4.69) is 20.8 Å². The number of aliphatic hydroxyl groups is 1. The number of unbranched alkanes of at least 4 members (excludes halogenated alkanes) is 1. The molecule has 0 amide bonds. The van der Waals surface area contributed by atoms with Crippen LogP contribution in [0.25, 0.3) is 10.9 Å². The van der Waals surface area contributed by atoms with E-state index < -0.39 is 0 Å². The Labute approximate surface area is 197 Å². The molecular weight excluding hydrogens is 420 g/mol. The third-order valence-corrected chi connectivity index (χ3v) is 5.68. The lowest BCUT2D eigenvalue weighted by Crippen LogP contribution is -2.53. The van der Waals surface area contributed by atoms with Crippen molar-refractivity contribution in [3.8, 4) is 6.19 Å². The van der Waals surface area contributed by atoms with Crippen molar-refractivity contribution < 1.29 is 11.3 Å². The smallest absolute Gasteiger partial charge is 0.331 e. The summed E-state index contributed by atoms with van der Waals surface area (Å²) >= 11 is 0. The fraction of sp³-hybridized carbons (Fsp3) is 0.600. The molecule has 1 N–H and O–H groups in total. The second-order valence-corrected chi connectivity index (χ2v) is 9.12. The lowest BCUT2D eigenvalue weighted by atomic mass is 10.1. The first-order chi connectivity index (χ1) is 15.7. The summed E-state index contributed by atoms with van der Waals surface area (Å²) in [5, 5.41) is 17.0. The Kier molecular flexibility index (Phi) is 11.0. The van der Waals surface area contributed by atoms with Gasteiger partial charge in [0.1, 0.15) is 6.79 Å². The van der Waals surface area contributed by atoms with E-state index in [0.29, 0.717) is 30.5 Å². The molecule has 8 heteroatoms. The van der Waals surface area contributed by atoms with Gasteiger partial charge in [-0.2, -0.15) is 5.26 Å². The Morgan fingerprint density at radius 1 is 1.21 bits per heavy atom. The molecule has 0 radical (unpaired) electrons. The largest absolute Gasteiger partial charge is 0.397 e. The number of carbonyl (C=O) groups is 1. The number of fused-ring (bicyclic) bond motifs is 1. The zero-order chi connectivity index (χ0) is 25.2. The molecule has 184 valence electrons. The summed E-state index contributed by atoms with van der Waals surface area (Å²) in [4.78, 5) is 35.2. The van der Waals surface area contributed by atoms with Gasteiger partial charge in [0.05, 0.1) is 30.0 Å². The first-order valence-electron chi connectivity index (χ1n) is 11.5. The monoisotopic (exact) mass is 460 g/mol. The standard InChI is InChI=1S/C17H20N4O2.C5H10.C2H6O.CH2O.H2/c1-3-4-7-20-15-6-5-12(2)8-14(15)16(22)21(17(20)23)13-9-19(10-13)11-18;1-5(2)3-4-5;1-2-3;1-2;/h5-6,8,13H,3-4,7,9-10H2,1-2H3;3-4H2,1-2H3;3H,2H2,1H3;1H2;1H. The molecule has 1 aromatic carbocycles. The molecule has 8 nitrogen and oxygen atoms in total. The van der Waals surface area contributed by atoms with Crippen LogP contribution >= 0.6 is 0 Å². The van der Waals surface area contributed by atoms with Crippen LogP contribution in [0.3, 0.4) is 0 Å². The van der Waals surface area contributed by atoms with Crippen LogP contribution in [0.15, 0.2) is 27.8 Å². The molecule has 2 heterocycles. The number of aromatic nitrogens is 2. The molecule has 1 aromatic heterocycles. The minimum Gasteiger partial charge on any atom is -0.397 e. The highest BCUT2D eigenvalue weighted by Crippen LogP contribution is 2.43. The van der Waals surface area contributed by atoms with E-state index >= 15 is 0 Å². The molecule has 33 heavy (non-hydrogen) atoms. The number of rotatable bonds is 4. The third-order valence-electron chi connectivity index (χ3n) is 5.68. The van der Waals surface area contributed by atoms with E-state index in [4.69, 9.17) is 15.2 Å². The summed E-state index contributed by atoms with van der Waals surface area (Å²) in [7, 11) is 0. The van der Waals surface area contributed by atoms with E-state index in [1.54, 1.807) is 16.4 Å². The van der Waals surface area contributed by atoms with Crippen LogP contribution in [-0.2, 0) is 11.3 Å². The van der Waals surface area contributed by atoms with Crippen molar-refractivity contribution in [3.63, 3.8) is 0 Å². The minimum atomic E-state index is -0.262. The molecule has 1 saturated carbocycles. The Bertz CT molecular complexity index is 1060. The van der Waals surface area contributed by atoms with Crippen molar-refractivity contribution in [2.24, 2.45) is 5.41 Å². The van der Waals surface area contributed by atoms with Crippen molar-refractivity contribution in [1.82, 2.24) is 14.0 Å². The molecule has 2 aromatic rings. The lowest BCUT2D eigenvalue weighted by molar-refractivity contribution is -0.0980. The van der Waals surface area contributed by atoms with E-state index in [9.17, 15) is 9.59 Å². The van der Waals surface area contributed by atoms with E-state index in [0.717, 1.165) is 23.8 Å². The topological polar surface area (TPSA) is 108 Å². The molecule has 0 unspecified atom stereocenters. The van der Waals surface area contributed by atoms with Gasteiger partial charge in [-0.3, -0.25) is 13.9 Å². The lowest BCUT2D eigenvalue weighted by Gasteiger charge is -2.35. The molecule has 0 bridgehead atoms. The molecule has 2 fully saturated rings. The number of carbonyl (C=O) groups excluding carboxylic acids is 1. The normalized spacial score (nSPS) is 15.5. The molecular formula is C25H40N4O4. The van der Waals surface area contributed by atoms with Crippen molar-refractivity contribution in [1.29, 1.82) is 5.26 Å². The Balaban J connectivity index is 0.000000838. The maximum atomic E-state index is 12.8. The van der Waals surface area contributed by atoms with Gasteiger partial charge in [-0.15, -0.1) is 0 Å². The summed E-state index contributed by atoms with van der Waals surface area (Å²) in [6.45, 7) is 14.0. The minimum absolute atomic E-state index is 0. The van der Waals surface area contributed by atoms with Crippen LogP contribution in [0.1, 0.15) is 66.4 Å². The molecule has 4 rings (SSSR count). The fourth-order valence-corrected chi connectivity index (χ4v) is 3.31. The number of hydrogen-bond donors (Lipinski definition) is 1. The summed E-state index contributed by atoms with van der Waals surface area (Å²) < 4.78 is 3.04. The summed E-state index contributed by atoms with van der Waals surface area (Å²) in [5.74, 6) is 0. The van der Waals surface area contributed by atoms with Crippen molar-refractivity contribution in [2.75, 3.05) is 19.7 Å². The van der Waals surface area contributed by atoms with Crippen molar-refractivity contribution >= 4 is 17.7 Å². The zero-order valence-electron chi connectivity index (χ0n) is 20.6. The highest BCUT2D eigenvalue weighted by Gasteiger charge is 2.31. The van der Waals surface area contributed by atoms with Crippen LogP contribution in [0.2, 0.25) is 0 Å². The van der Waals surface area contributed by atoms with Gasteiger partial charge in [-0.1, -0.05) is 38.8 Å². The van der Waals surface area contributed by atoms with Gasteiger partial charge in [0.2, 0.25) is 0 Å². The zero-order valence-corrected chi connectivity index (χ0v) is 20.6. The number of likely N-dealkylation sites (tertiary alicyclic amines) is 1. The van der Waals surface area contributed by atoms with Crippen LogP contribution < -0.4 is 11.2 Å². The Morgan fingerprint density at radius 2 is 1.76 bits per heavy atom. The first kappa shape index (κ1) is 28.1. The Morgan fingerprint density at radius 3 is 2.21 bits per heavy atom. The van der Waals surface area contributed by atoms with E-state index in [-0.39, 0.29) is 25.3 Å². The fourth-order valence-electron chi connectivity index (χ4n) is 3.31. The van der Waals surface area contributed by atoms with Gasteiger partial charge in [-0.25, -0.2) is 4.79 Å². The number of benzene rings is 1. The van der Waals surface area contributed by atoms with Crippen LogP contribution in [0.5, 0.6) is 0 Å². The maximum Gasteiger partial charge on any atom is 0.331 e. The number of aryl methyl sites for hydroxylation is 2. The van der Waals surface area contributed by atoms with Gasteiger partial charge in [0, 0.05) is 14.6 Å². The van der Waals surface area contributed by atoms with Crippen LogP contribution in [-0.4, -0.2) is 45.6 Å². The summed E-state index contributed by atoms with van der Waals surface area (Å²) in [5.41, 5.74) is 1.94. The van der Waals surface area contributed by atoms with Gasteiger partial charge in [-0.05, 0) is 50.7 Å². The second kappa shape index (κ2) is 12.9. The van der Waals surface area contributed by atoms with Gasteiger partial charge >= 0.3 is 5.69 Å². The maximum absolute atomic E-state index is 12.8. The van der Waals surface area contributed by atoms with Crippen LogP contribution in [0.4, 0.5) is 0 Å². The SMILES string of the molecule is C=O.CC1(C)CC1.CCCCn1c(=O)n(C2CN(C#N)C2)c(=O)c2cc(C)ccc21.CCO.[HH]. The first-order valence-corrected chi connectivity index (χ1v) is 11.5. The highest BCUT2D eigenvalue weighted by atomic mass is 16.2. The van der Waals surface area contributed by atoms with Gasteiger partial charge in [0.15, 0.2) is 6.19 Å². The quantitative estimate of drug-likeness (QED) is 0.700. The van der Waals surface area contributed by atoms with Gasteiger partial charge < -0.3 is 14.8 Å². The predicted octanol–water partition coefficient (Wildman–Crippen LogP) is 3.48. The Hall–Kier alpha value is -2.92. The summed E-state index contributed by atoms with van der Waals surface area (Å²) in [6, 6.07) is 5.41. The predicted molar refractivity (Wildman–Crippen MR) is 133 cm³/mol. The van der Waals surface area contributed by atoms with Crippen molar-refractivity contribution in [2.45, 2.75) is 72.9 Å². The molecule has 1 aliphatic carbocycles. The molecule has 1 aliphatic heterocycles. The van der Waals surface area contributed by atoms with Crippen LogP contribution in [0, 0.1) is 23.8 Å². The van der Waals surface area contributed by atoms with E-state index in [1.807, 2.05) is 38.1 Å². The molecule has 0 atom stereocenters. The average molecular weight is 461 g/mol. The van der Waals surface area contributed by atoms with E-state index in [1.165, 1.54) is 17.4 Å². The number of nitriles is 1. The number of hydrogen-bond acceptors (Lipinski definition) is 6. The van der Waals surface area contributed by atoms with Crippen molar-refractivity contribution in [3.05, 3.63) is 44.6 Å². The number of aliphatic hydroxyl groups excluding tert-OH is 1. The number of nitrogens with zero attached hydrogens (tertiary/aromatic N) is 4. The average Bonchev–Trinajstić information content (AvgIpc) is 3.46. The van der Waals surface area contributed by atoms with Gasteiger partial charge in [0.25, 0.3) is 5.56 Å². The molecule has 2 aliphatic rings. The third kappa shape index (κ3) is 7.57. The molecule has 1 saturated heterocycles. The highest BCUT2D eigenvalue weighted by molar-refractivity contribution is 5.78. The summed E-state index contributed by atoms with van der Waals surface area (Å²) in [6.07, 6.45) is 6.81. The second-order valence-electron chi connectivity index (χ2n) is 9.12.